The van der Waals surface area contributed by atoms with E-state index in [1.165, 1.54) is 10.9 Å². The van der Waals surface area contributed by atoms with Gasteiger partial charge in [0, 0.05) is 23.5 Å². The minimum atomic E-state index is 0.756. The summed E-state index contributed by atoms with van der Waals surface area (Å²) in [5.74, 6) is 0.756. The fourth-order valence-corrected chi connectivity index (χ4v) is 2.26. The number of nitrogens with zero attached hydrogens (tertiary/aromatic N) is 3. The van der Waals surface area contributed by atoms with Gasteiger partial charge in [0.05, 0.1) is 17.4 Å². The molecule has 3 rings (SSSR count). The smallest absolute Gasteiger partial charge is 0.149 e. The van der Waals surface area contributed by atoms with Crippen molar-refractivity contribution in [2.45, 2.75) is 20.3 Å². The molecule has 0 aliphatic heterocycles. The summed E-state index contributed by atoms with van der Waals surface area (Å²) < 4.78 is 0. The van der Waals surface area contributed by atoms with Crippen LogP contribution in [-0.2, 0) is 6.42 Å². The molecule has 0 atom stereocenters. The molecule has 0 radical (unpaired) electrons. The average molecular weight is 264 g/mol. The Morgan fingerprint density at radius 3 is 2.85 bits per heavy atom. The number of hydrogen-bond donors (Lipinski definition) is 1. The second-order valence-corrected chi connectivity index (χ2v) is 4.73. The molecule has 1 aromatic carbocycles. The molecular formula is C16H16N4. The van der Waals surface area contributed by atoms with Crippen LogP contribution in [0.3, 0.4) is 0 Å². The number of benzene rings is 1. The van der Waals surface area contributed by atoms with Crippen LogP contribution in [0.25, 0.3) is 10.9 Å². The van der Waals surface area contributed by atoms with E-state index in [2.05, 4.69) is 39.3 Å². The van der Waals surface area contributed by atoms with E-state index in [0.717, 1.165) is 29.1 Å². The van der Waals surface area contributed by atoms with Crippen LogP contribution >= 0.6 is 0 Å². The van der Waals surface area contributed by atoms with Crippen LogP contribution in [-0.4, -0.2) is 15.0 Å². The van der Waals surface area contributed by atoms with E-state index >= 15 is 0 Å². The Morgan fingerprint density at radius 1 is 1.15 bits per heavy atom. The first-order chi connectivity index (χ1) is 9.76. The van der Waals surface area contributed by atoms with Gasteiger partial charge in [0.1, 0.15) is 5.82 Å². The Morgan fingerprint density at radius 2 is 2.05 bits per heavy atom. The lowest BCUT2D eigenvalue weighted by molar-refractivity contribution is 1.12. The maximum Gasteiger partial charge on any atom is 0.149 e. The highest BCUT2D eigenvalue weighted by Gasteiger charge is 2.03. The SMILES string of the molecule is CCc1ccnc2ccc(Nc3cncc(C)n3)cc12. The molecule has 0 saturated carbocycles. The summed E-state index contributed by atoms with van der Waals surface area (Å²) in [4.78, 5) is 12.9. The van der Waals surface area contributed by atoms with Crippen LogP contribution in [0.4, 0.5) is 11.5 Å². The van der Waals surface area contributed by atoms with Crippen molar-refractivity contribution in [2.24, 2.45) is 0 Å². The largest absolute Gasteiger partial charge is 0.339 e. The van der Waals surface area contributed by atoms with Crippen molar-refractivity contribution >= 4 is 22.4 Å². The number of aromatic nitrogens is 3. The molecule has 3 aromatic rings. The van der Waals surface area contributed by atoms with Crippen molar-refractivity contribution < 1.29 is 0 Å². The number of rotatable bonds is 3. The maximum absolute atomic E-state index is 4.40. The van der Waals surface area contributed by atoms with Gasteiger partial charge in [0.2, 0.25) is 0 Å². The molecule has 0 aliphatic carbocycles. The molecule has 0 aliphatic rings. The molecule has 0 unspecified atom stereocenters. The first-order valence-electron chi connectivity index (χ1n) is 6.69. The molecule has 100 valence electrons. The lowest BCUT2D eigenvalue weighted by Crippen LogP contribution is -1.96. The molecule has 0 spiro atoms. The number of aryl methyl sites for hydroxylation is 2. The monoisotopic (exact) mass is 264 g/mol. The third-order valence-electron chi connectivity index (χ3n) is 3.24. The van der Waals surface area contributed by atoms with Crippen molar-refractivity contribution in [1.29, 1.82) is 0 Å². The van der Waals surface area contributed by atoms with Crippen LogP contribution < -0.4 is 5.32 Å². The van der Waals surface area contributed by atoms with Gasteiger partial charge in [-0.3, -0.25) is 9.97 Å². The van der Waals surface area contributed by atoms with E-state index in [1.54, 1.807) is 12.4 Å². The van der Waals surface area contributed by atoms with E-state index in [-0.39, 0.29) is 0 Å². The summed E-state index contributed by atoms with van der Waals surface area (Å²) in [6, 6.07) is 8.22. The minimum absolute atomic E-state index is 0.756. The lowest BCUT2D eigenvalue weighted by atomic mass is 10.1. The highest BCUT2D eigenvalue weighted by Crippen LogP contribution is 2.23. The second-order valence-electron chi connectivity index (χ2n) is 4.73. The van der Waals surface area contributed by atoms with Crippen LogP contribution in [0.2, 0.25) is 0 Å². The van der Waals surface area contributed by atoms with Gasteiger partial charge in [-0.15, -0.1) is 0 Å². The number of anilines is 2. The minimum Gasteiger partial charge on any atom is -0.339 e. The van der Waals surface area contributed by atoms with Crippen molar-refractivity contribution in [3.63, 3.8) is 0 Å². The summed E-state index contributed by atoms with van der Waals surface area (Å²) in [6.07, 6.45) is 6.32. The molecule has 0 saturated heterocycles. The molecule has 1 N–H and O–H groups in total. The van der Waals surface area contributed by atoms with Gasteiger partial charge in [-0.2, -0.15) is 0 Å². The first kappa shape index (κ1) is 12.5. The first-order valence-corrected chi connectivity index (χ1v) is 6.69. The summed E-state index contributed by atoms with van der Waals surface area (Å²) in [5.41, 5.74) is 4.21. The molecule has 20 heavy (non-hydrogen) atoms. The maximum atomic E-state index is 4.40. The van der Waals surface area contributed by atoms with E-state index in [1.807, 2.05) is 25.3 Å². The number of fused-ring (bicyclic) bond motifs is 1. The topological polar surface area (TPSA) is 50.7 Å². The third kappa shape index (κ3) is 2.45. The van der Waals surface area contributed by atoms with Gasteiger partial charge in [-0.25, -0.2) is 4.98 Å². The van der Waals surface area contributed by atoms with Crippen LogP contribution in [0.5, 0.6) is 0 Å². The van der Waals surface area contributed by atoms with E-state index in [9.17, 15) is 0 Å². The quantitative estimate of drug-likeness (QED) is 0.784. The van der Waals surface area contributed by atoms with Gasteiger partial charge in [-0.05, 0) is 43.2 Å². The fraction of sp³-hybridized carbons (Fsp3) is 0.188. The predicted octanol–water partition coefficient (Wildman–Crippen LogP) is 3.64. The Labute approximate surface area is 117 Å². The Hall–Kier alpha value is -2.49. The third-order valence-corrected chi connectivity index (χ3v) is 3.24. The van der Waals surface area contributed by atoms with Gasteiger partial charge in [0.15, 0.2) is 0 Å². The summed E-state index contributed by atoms with van der Waals surface area (Å²) in [6.45, 7) is 4.08. The van der Waals surface area contributed by atoms with Crippen molar-refractivity contribution in [3.8, 4) is 0 Å². The zero-order valence-corrected chi connectivity index (χ0v) is 11.6. The van der Waals surface area contributed by atoms with Crippen LogP contribution in [0.15, 0.2) is 42.9 Å². The normalized spacial score (nSPS) is 10.7. The van der Waals surface area contributed by atoms with Crippen molar-refractivity contribution in [2.75, 3.05) is 5.32 Å². The number of hydrogen-bond acceptors (Lipinski definition) is 4. The molecule has 0 bridgehead atoms. The average Bonchev–Trinajstić information content (AvgIpc) is 2.46. The Kier molecular flexibility index (Phi) is 3.29. The zero-order valence-electron chi connectivity index (χ0n) is 11.6. The fourth-order valence-electron chi connectivity index (χ4n) is 2.26. The highest BCUT2D eigenvalue weighted by atomic mass is 15.0. The highest BCUT2D eigenvalue weighted by molar-refractivity contribution is 5.86. The Balaban J connectivity index is 2.00. The lowest BCUT2D eigenvalue weighted by Gasteiger charge is -2.09. The summed E-state index contributed by atoms with van der Waals surface area (Å²) in [5, 5.41) is 4.47. The predicted molar refractivity (Wildman–Crippen MR) is 81.2 cm³/mol. The molecule has 4 heteroatoms. The zero-order chi connectivity index (χ0) is 13.9. The molecule has 2 aromatic heterocycles. The van der Waals surface area contributed by atoms with Gasteiger partial charge in [0.25, 0.3) is 0 Å². The van der Waals surface area contributed by atoms with E-state index in [4.69, 9.17) is 0 Å². The Bertz CT molecular complexity index is 752. The van der Waals surface area contributed by atoms with Crippen molar-refractivity contribution in [3.05, 3.63) is 54.1 Å². The van der Waals surface area contributed by atoms with Gasteiger partial charge < -0.3 is 5.32 Å². The van der Waals surface area contributed by atoms with Crippen molar-refractivity contribution in [1.82, 2.24) is 15.0 Å². The number of nitrogens with one attached hydrogen (secondary N) is 1. The molecule has 0 fully saturated rings. The van der Waals surface area contributed by atoms with Gasteiger partial charge >= 0.3 is 0 Å². The van der Waals surface area contributed by atoms with E-state index in [0.29, 0.717) is 0 Å². The summed E-state index contributed by atoms with van der Waals surface area (Å²) >= 11 is 0. The number of pyridine rings is 1. The standard InChI is InChI=1S/C16H16N4/c1-3-12-6-7-18-15-5-4-13(8-14(12)15)20-16-10-17-9-11(2)19-16/h4-10H,3H2,1-2H3,(H,19,20). The van der Waals surface area contributed by atoms with Gasteiger partial charge in [-0.1, -0.05) is 6.92 Å². The molecule has 2 heterocycles. The summed E-state index contributed by atoms with van der Waals surface area (Å²) in [7, 11) is 0. The molecule has 0 amide bonds. The van der Waals surface area contributed by atoms with Crippen LogP contribution in [0.1, 0.15) is 18.2 Å². The van der Waals surface area contributed by atoms with E-state index < -0.39 is 0 Å². The van der Waals surface area contributed by atoms with Crippen LogP contribution in [0, 0.1) is 6.92 Å². The molecule has 4 nitrogen and oxygen atoms in total. The molecular weight excluding hydrogens is 248 g/mol. The second kappa shape index (κ2) is 5.25.